The Morgan fingerprint density at radius 1 is 1.23 bits per heavy atom. The zero-order valence-corrected chi connectivity index (χ0v) is 17.3. The molecule has 0 amide bonds. The first-order valence-corrected chi connectivity index (χ1v) is 10.3. The van der Waals surface area contributed by atoms with Gasteiger partial charge in [0.15, 0.2) is 0 Å². The van der Waals surface area contributed by atoms with Crippen LogP contribution in [0.5, 0.6) is 5.75 Å². The number of benzene rings is 1. The van der Waals surface area contributed by atoms with E-state index in [0.29, 0.717) is 38.9 Å². The third-order valence-electron chi connectivity index (χ3n) is 4.90. The number of anilines is 1. The second-order valence-electron chi connectivity index (χ2n) is 6.68. The van der Waals surface area contributed by atoms with E-state index >= 15 is 0 Å². The first-order valence-electron chi connectivity index (χ1n) is 9.08. The van der Waals surface area contributed by atoms with Gasteiger partial charge in [-0.25, -0.2) is 9.36 Å². The van der Waals surface area contributed by atoms with Crippen LogP contribution in [0.3, 0.4) is 0 Å². The quantitative estimate of drug-likeness (QED) is 0.506. The Kier molecular flexibility index (Phi) is 4.45. The molecule has 0 bridgehead atoms. The smallest absolute Gasteiger partial charge is 0.333 e. The number of ether oxygens (including phenoxy) is 1. The second-order valence-corrected chi connectivity index (χ2v) is 8.14. The SMILES string of the molecule is COc1ccc(Cl)c(-c2cc3[nH]c(=O)n(-c4cncc5c4NCC=C5)c(=O)c3s2)c1. The van der Waals surface area contributed by atoms with Crippen LogP contribution in [0.25, 0.3) is 32.4 Å². The number of aromatic amines is 1. The van der Waals surface area contributed by atoms with Gasteiger partial charge < -0.3 is 15.0 Å². The van der Waals surface area contributed by atoms with Gasteiger partial charge in [0.1, 0.15) is 10.4 Å². The molecule has 0 atom stereocenters. The molecule has 0 saturated heterocycles. The van der Waals surface area contributed by atoms with Crippen molar-refractivity contribution in [3.63, 3.8) is 0 Å². The normalized spacial score (nSPS) is 12.6. The Morgan fingerprint density at radius 3 is 2.93 bits per heavy atom. The van der Waals surface area contributed by atoms with Crippen molar-refractivity contribution in [2.24, 2.45) is 0 Å². The summed E-state index contributed by atoms with van der Waals surface area (Å²) in [4.78, 5) is 33.9. The van der Waals surface area contributed by atoms with Gasteiger partial charge in [-0.15, -0.1) is 11.3 Å². The molecule has 1 aromatic carbocycles. The highest BCUT2D eigenvalue weighted by atomic mass is 35.5. The van der Waals surface area contributed by atoms with Crippen molar-refractivity contribution in [3.05, 3.63) is 74.2 Å². The molecule has 4 heterocycles. The molecule has 5 rings (SSSR count). The fraction of sp³-hybridized carbons (Fsp3) is 0.0952. The van der Waals surface area contributed by atoms with Crippen LogP contribution in [0.15, 0.2) is 52.3 Å². The third-order valence-corrected chi connectivity index (χ3v) is 6.39. The van der Waals surface area contributed by atoms with E-state index in [0.717, 1.165) is 20.6 Å². The lowest BCUT2D eigenvalue weighted by Gasteiger charge is -2.17. The molecule has 0 fully saturated rings. The Balaban J connectivity index is 1.74. The molecule has 0 aliphatic carbocycles. The minimum absolute atomic E-state index is 0.407. The molecule has 150 valence electrons. The summed E-state index contributed by atoms with van der Waals surface area (Å²) in [5.74, 6) is 0.652. The molecule has 0 unspecified atom stereocenters. The average Bonchev–Trinajstić information content (AvgIpc) is 3.18. The number of aromatic nitrogens is 3. The number of nitrogens with zero attached hydrogens (tertiary/aromatic N) is 2. The van der Waals surface area contributed by atoms with Gasteiger partial charge in [0, 0.05) is 33.8 Å². The standard InChI is InChI=1S/C21H15ClN4O3S/c1-29-12-4-5-14(22)13(7-12)17-8-15-19(30-17)20(27)26(21(28)25-15)16-10-23-9-11-3-2-6-24-18(11)16/h2-5,7-10,24H,6H2,1H3,(H,25,28). The Morgan fingerprint density at radius 2 is 2.10 bits per heavy atom. The van der Waals surface area contributed by atoms with E-state index in [-0.39, 0.29) is 0 Å². The zero-order chi connectivity index (χ0) is 20.8. The third kappa shape index (κ3) is 2.92. The van der Waals surface area contributed by atoms with E-state index in [1.165, 1.54) is 17.5 Å². The van der Waals surface area contributed by atoms with E-state index in [1.54, 1.807) is 37.6 Å². The highest BCUT2D eigenvalue weighted by molar-refractivity contribution is 7.22. The van der Waals surface area contributed by atoms with E-state index in [4.69, 9.17) is 16.3 Å². The molecule has 1 aliphatic rings. The molecule has 2 N–H and O–H groups in total. The Labute approximate surface area is 179 Å². The summed E-state index contributed by atoms with van der Waals surface area (Å²) >= 11 is 7.63. The molecular weight excluding hydrogens is 424 g/mol. The highest BCUT2D eigenvalue weighted by Crippen LogP contribution is 2.37. The van der Waals surface area contributed by atoms with E-state index in [1.807, 2.05) is 12.2 Å². The van der Waals surface area contributed by atoms with Crippen LogP contribution in [0.2, 0.25) is 5.02 Å². The van der Waals surface area contributed by atoms with Crippen LogP contribution >= 0.6 is 22.9 Å². The summed E-state index contributed by atoms with van der Waals surface area (Å²) in [6, 6.07) is 7.06. The van der Waals surface area contributed by atoms with Gasteiger partial charge in [0.25, 0.3) is 5.56 Å². The van der Waals surface area contributed by atoms with Crippen molar-refractivity contribution in [1.29, 1.82) is 0 Å². The lowest BCUT2D eigenvalue weighted by molar-refractivity contribution is 0.415. The van der Waals surface area contributed by atoms with Gasteiger partial charge in [-0.1, -0.05) is 23.8 Å². The van der Waals surface area contributed by atoms with E-state index in [2.05, 4.69) is 15.3 Å². The summed E-state index contributed by atoms with van der Waals surface area (Å²) in [5, 5.41) is 3.75. The monoisotopic (exact) mass is 438 g/mol. The predicted octanol–water partition coefficient (Wildman–Crippen LogP) is 3.90. The molecular formula is C21H15ClN4O3S. The summed E-state index contributed by atoms with van der Waals surface area (Å²) in [6.45, 7) is 0.608. The number of rotatable bonds is 3. The first kappa shape index (κ1) is 18.7. The van der Waals surface area contributed by atoms with Crippen LogP contribution in [0.4, 0.5) is 5.69 Å². The minimum atomic E-state index is -0.528. The molecule has 30 heavy (non-hydrogen) atoms. The number of methoxy groups -OCH3 is 1. The van der Waals surface area contributed by atoms with E-state index < -0.39 is 11.2 Å². The maximum atomic E-state index is 13.3. The molecule has 7 nitrogen and oxygen atoms in total. The van der Waals surface area contributed by atoms with Gasteiger partial charge in [0.2, 0.25) is 0 Å². The van der Waals surface area contributed by atoms with Gasteiger partial charge in [-0.05, 0) is 24.3 Å². The van der Waals surface area contributed by atoms with Crippen LogP contribution in [-0.2, 0) is 0 Å². The fourth-order valence-electron chi connectivity index (χ4n) is 3.48. The lowest BCUT2D eigenvalue weighted by Crippen LogP contribution is -2.34. The molecule has 0 radical (unpaired) electrons. The van der Waals surface area contributed by atoms with Crippen LogP contribution in [0.1, 0.15) is 5.56 Å². The van der Waals surface area contributed by atoms with Crippen molar-refractivity contribution in [2.45, 2.75) is 0 Å². The lowest BCUT2D eigenvalue weighted by atomic mass is 10.1. The van der Waals surface area contributed by atoms with Crippen molar-refractivity contribution in [3.8, 4) is 21.9 Å². The molecule has 3 aromatic heterocycles. The topological polar surface area (TPSA) is 89.0 Å². The van der Waals surface area contributed by atoms with Crippen molar-refractivity contribution < 1.29 is 4.74 Å². The maximum Gasteiger partial charge on any atom is 0.333 e. The molecule has 9 heteroatoms. The zero-order valence-electron chi connectivity index (χ0n) is 15.7. The molecule has 1 aliphatic heterocycles. The number of hydrogen-bond acceptors (Lipinski definition) is 6. The van der Waals surface area contributed by atoms with Crippen LogP contribution in [-0.4, -0.2) is 28.2 Å². The molecule has 0 saturated carbocycles. The molecule has 0 spiro atoms. The number of halogens is 1. The summed E-state index contributed by atoms with van der Waals surface area (Å²) in [7, 11) is 1.58. The largest absolute Gasteiger partial charge is 0.497 e. The Bertz CT molecular complexity index is 1450. The highest BCUT2D eigenvalue weighted by Gasteiger charge is 2.19. The summed E-state index contributed by atoms with van der Waals surface area (Å²) in [6.07, 6.45) is 7.07. The van der Waals surface area contributed by atoms with Crippen molar-refractivity contribution in [2.75, 3.05) is 19.0 Å². The predicted molar refractivity (Wildman–Crippen MR) is 120 cm³/mol. The fourth-order valence-corrected chi connectivity index (χ4v) is 4.83. The minimum Gasteiger partial charge on any atom is -0.497 e. The van der Waals surface area contributed by atoms with Crippen molar-refractivity contribution >= 4 is 44.9 Å². The number of H-pyrrole nitrogens is 1. The second kappa shape index (κ2) is 7.16. The first-order chi connectivity index (χ1) is 14.6. The number of thiophene rings is 1. The Hall–Kier alpha value is -3.36. The number of fused-ring (bicyclic) bond motifs is 2. The molecule has 4 aromatic rings. The number of pyridine rings is 1. The van der Waals surface area contributed by atoms with Crippen LogP contribution < -0.4 is 21.3 Å². The van der Waals surface area contributed by atoms with Crippen LogP contribution in [0, 0.1) is 0 Å². The summed E-state index contributed by atoms with van der Waals surface area (Å²) < 4.78 is 6.82. The number of hydrogen-bond donors (Lipinski definition) is 2. The van der Waals surface area contributed by atoms with Gasteiger partial charge in [0.05, 0.1) is 30.2 Å². The van der Waals surface area contributed by atoms with Gasteiger partial charge in [-0.3, -0.25) is 9.78 Å². The maximum absolute atomic E-state index is 13.3. The summed E-state index contributed by atoms with van der Waals surface area (Å²) in [5.41, 5.74) is 2.20. The van der Waals surface area contributed by atoms with Crippen molar-refractivity contribution in [1.82, 2.24) is 14.5 Å². The van der Waals surface area contributed by atoms with E-state index in [9.17, 15) is 9.59 Å². The van der Waals surface area contributed by atoms with Gasteiger partial charge >= 0.3 is 5.69 Å². The number of nitrogens with one attached hydrogen (secondary N) is 2. The van der Waals surface area contributed by atoms with Gasteiger partial charge in [-0.2, -0.15) is 0 Å². The average molecular weight is 439 g/mol.